The highest BCUT2D eigenvalue weighted by molar-refractivity contribution is 6.32. The van der Waals surface area contributed by atoms with Gasteiger partial charge in [0.1, 0.15) is 35.2 Å². The number of carbonyl (C=O) groups is 2. The summed E-state index contributed by atoms with van der Waals surface area (Å²) >= 11 is 6.09. The third-order valence-corrected chi connectivity index (χ3v) is 5.78. The van der Waals surface area contributed by atoms with Crippen LogP contribution < -0.4 is 9.47 Å². The number of methoxy groups -OCH3 is 3. The lowest BCUT2D eigenvalue weighted by atomic mass is 10.0. The first-order chi connectivity index (χ1) is 17.9. The summed E-state index contributed by atoms with van der Waals surface area (Å²) in [6.07, 6.45) is 0. The number of para-hydroxylation sites is 1. The number of hydrogen-bond donors (Lipinski definition) is 0. The van der Waals surface area contributed by atoms with Gasteiger partial charge in [0.2, 0.25) is 0 Å². The van der Waals surface area contributed by atoms with Crippen molar-refractivity contribution in [1.29, 1.82) is 0 Å². The summed E-state index contributed by atoms with van der Waals surface area (Å²) in [5.74, 6) is -1.22. The normalized spacial score (nSPS) is 10.6. The number of rotatable bonds is 8. The van der Waals surface area contributed by atoms with Gasteiger partial charge in [-0.05, 0) is 48.5 Å². The molecule has 8 nitrogen and oxygen atoms in total. The molecule has 0 fully saturated rings. The lowest BCUT2D eigenvalue weighted by Gasteiger charge is -2.13. The Balaban J connectivity index is 1.84. The second kappa shape index (κ2) is 11.1. The number of carbonyl (C=O) groups excluding carboxylic acids is 2. The maximum absolute atomic E-state index is 13.4. The highest BCUT2D eigenvalue weighted by atomic mass is 35.5. The summed E-state index contributed by atoms with van der Waals surface area (Å²) in [7, 11) is 3.93. The molecule has 3 aromatic carbocycles. The molecule has 0 aliphatic carbocycles. The van der Waals surface area contributed by atoms with E-state index in [2.05, 4.69) is 5.10 Å². The molecule has 0 bridgehead atoms. The van der Waals surface area contributed by atoms with Crippen molar-refractivity contribution in [3.63, 3.8) is 0 Å². The quantitative estimate of drug-likeness (QED) is 0.281. The largest absolute Gasteiger partial charge is 0.496 e. The van der Waals surface area contributed by atoms with Crippen LogP contribution in [-0.2, 0) is 16.1 Å². The van der Waals surface area contributed by atoms with Gasteiger partial charge in [-0.15, -0.1) is 0 Å². The Morgan fingerprint density at radius 1 is 0.919 bits per heavy atom. The van der Waals surface area contributed by atoms with Crippen LogP contribution in [0.4, 0.5) is 4.39 Å². The van der Waals surface area contributed by atoms with Crippen molar-refractivity contribution in [2.75, 3.05) is 21.3 Å². The molecule has 1 heterocycles. The van der Waals surface area contributed by atoms with E-state index in [4.69, 9.17) is 30.5 Å². The maximum Gasteiger partial charge on any atom is 0.357 e. The third kappa shape index (κ3) is 5.26. The van der Waals surface area contributed by atoms with Crippen LogP contribution in [0.3, 0.4) is 0 Å². The molecule has 10 heteroatoms. The molecule has 0 radical (unpaired) electrons. The number of nitrogens with zero attached hydrogens (tertiary/aromatic N) is 2. The minimum Gasteiger partial charge on any atom is -0.496 e. The highest BCUT2D eigenvalue weighted by Gasteiger charge is 2.31. The van der Waals surface area contributed by atoms with Crippen LogP contribution >= 0.6 is 11.6 Å². The zero-order valence-corrected chi connectivity index (χ0v) is 20.9. The molecule has 0 amide bonds. The highest BCUT2D eigenvalue weighted by Crippen LogP contribution is 2.33. The Bertz CT molecular complexity index is 1460. The minimum absolute atomic E-state index is 0.0131. The number of halogens is 2. The summed E-state index contributed by atoms with van der Waals surface area (Å²) in [4.78, 5) is 25.7. The van der Waals surface area contributed by atoms with Gasteiger partial charge in [-0.2, -0.15) is 5.10 Å². The Morgan fingerprint density at radius 2 is 1.62 bits per heavy atom. The molecule has 0 aliphatic heterocycles. The zero-order chi connectivity index (χ0) is 26.5. The summed E-state index contributed by atoms with van der Waals surface area (Å²) in [6.45, 7) is 0.0131. The monoisotopic (exact) mass is 524 g/mol. The molecule has 0 saturated carbocycles. The Labute approximate surface area is 217 Å². The zero-order valence-electron chi connectivity index (χ0n) is 20.2. The van der Waals surface area contributed by atoms with Crippen LogP contribution in [0.5, 0.6) is 11.5 Å². The molecule has 0 N–H and O–H groups in total. The van der Waals surface area contributed by atoms with Gasteiger partial charge in [-0.3, -0.25) is 0 Å². The lowest BCUT2D eigenvalue weighted by molar-refractivity contribution is 0.0549. The topological polar surface area (TPSA) is 88.9 Å². The number of ether oxygens (including phenoxy) is 4. The minimum atomic E-state index is -0.760. The van der Waals surface area contributed by atoms with Crippen molar-refractivity contribution in [3.05, 3.63) is 94.4 Å². The van der Waals surface area contributed by atoms with Crippen LogP contribution in [0.15, 0.2) is 66.7 Å². The van der Waals surface area contributed by atoms with E-state index in [-0.39, 0.29) is 34.3 Å². The van der Waals surface area contributed by atoms with E-state index < -0.39 is 17.8 Å². The summed E-state index contributed by atoms with van der Waals surface area (Å²) in [6, 6.07) is 17.7. The van der Waals surface area contributed by atoms with E-state index in [0.717, 1.165) is 6.07 Å². The molecule has 1 aromatic heterocycles. The summed E-state index contributed by atoms with van der Waals surface area (Å²) < 4.78 is 36.0. The molecular weight excluding hydrogens is 503 g/mol. The van der Waals surface area contributed by atoms with Gasteiger partial charge in [0.05, 0.1) is 32.0 Å². The summed E-state index contributed by atoms with van der Waals surface area (Å²) in [5.41, 5.74) is 1.68. The van der Waals surface area contributed by atoms with Gasteiger partial charge < -0.3 is 18.9 Å². The SMILES string of the molecule is COC(=O)c1c(-c2ccc(OC)c(COc3ccc(F)cc3Cl)c2)nn(-c2ccccc2)c1C(=O)OC. The average molecular weight is 525 g/mol. The van der Waals surface area contributed by atoms with Crippen molar-refractivity contribution in [2.45, 2.75) is 6.61 Å². The van der Waals surface area contributed by atoms with Gasteiger partial charge in [-0.1, -0.05) is 29.8 Å². The fraction of sp³-hybridized carbons (Fsp3) is 0.148. The van der Waals surface area contributed by atoms with Crippen molar-refractivity contribution in [1.82, 2.24) is 9.78 Å². The van der Waals surface area contributed by atoms with E-state index in [1.807, 2.05) is 6.07 Å². The molecule has 0 aliphatic rings. The van der Waals surface area contributed by atoms with Crippen LogP contribution in [-0.4, -0.2) is 43.0 Å². The molecule has 0 atom stereocenters. The Morgan fingerprint density at radius 3 is 2.27 bits per heavy atom. The molecule has 37 heavy (non-hydrogen) atoms. The van der Waals surface area contributed by atoms with E-state index in [1.54, 1.807) is 42.5 Å². The van der Waals surface area contributed by atoms with Crippen LogP contribution in [0, 0.1) is 5.82 Å². The Hall–Kier alpha value is -4.37. The van der Waals surface area contributed by atoms with Crippen molar-refractivity contribution in [2.24, 2.45) is 0 Å². The van der Waals surface area contributed by atoms with Crippen LogP contribution in [0.25, 0.3) is 16.9 Å². The molecule has 4 rings (SSSR count). The van der Waals surface area contributed by atoms with Gasteiger partial charge in [0.15, 0.2) is 5.69 Å². The van der Waals surface area contributed by atoms with E-state index in [1.165, 1.54) is 38.1 Å². The van der Waals surface area contributed by atoms with Crippen LogP contribution in [0.1, 0.15) is 26.4 Å². The average Bonchev–Trinajstić information content (AvgIpc) is 3.33. The number of esters is 2. The van der Waals surface area contributed by atoms with Gasteiger partial charge in [-0.25, -0.2) is 18.7 Å². The van der Waals surface area contributed by atoms with Gasteiger partial charge in [0, 0.05) is 11.1 Å². The third-order valence-electron chi connectivity index (χ3n) is 5.49. The second-order valence-corrected chi connectivity index (χ2v) is 8.10. The molecule has 4 aromatic rings. The van der Waals surface area contributed by atoms with Gasteiger partial charge in [0.25, 0.3) is 0 Å². The van der Waals surface area contributed by atoms with E-state index >= 15 is 0 Å². The predicted octanol–water partition coefficient (Wildman–Crippen LogP) is 5.49. The second-order valence-electron chi connectivity index (χ2n) is 7.69. The molecule has 0 spiro atoms. The number of hydrogen-bond acceptors (Lipinski definition) is 7. The van der Waals surface area contributed by atoms with Crippen LogP contribution in [0.2, 0.25) is 5.02 Å². The van der Waals surface area contributed by atoms with E-state index in [0.29, 0.717) is 22.6 Å². The first-order valence-corrected chi connectivity index (χ1v) is 11.4. The number of benzene rings is 3. The van der Waals surface area contributed by atoms with Crippen molar-refractivity contribution >= 4 is 23.5 Å². The molecule has 0 unspecified atom stereocenters. The molecule has 0 saturated heterocycles. The van der Waals surface area contributed by atoms with Gasteiger partial charge >= 0.3 is 11.9 Å². The molecular formula is C27H22ClFN2O6. The predicted molar refractivity (Wildman–Crippen MR) is 134 cm³/mol. The van der Waals surface area contributed by atoms with Crippen molar-refractivity contribution in [3.8, 4) is 28.4 Å². The fourth-order valence-corrected chi connectivity index (χ4v) is 3.97. The molecule has 190 valence electrons. The first-order valence-electron chi connectivity index (χ1n) is 11.0. The van der Waals surface area contributed by atoms with E-state index in [9.17, 15) is 14.0 Å². The first kappa shape index (κ1) is 25.7. The summed E-state index contributed by atoms with van der Waals surface area (Å²) in [5, 5.41) is 4.72. The maximum atomic E-state index is 13.4. The fourth-order valence-electron chi connectivity index (χ4n) is 3.74. The lowest BCUT2D eigenvalue weighted by Crippen LogP contribution is -2.15. The van der Waals surface area contributed by atoms with Crippen molar-refractivity contribution < 1.29 is 32.9 Å². The number of aromatic nitrogens is 2. The standard InChI is InChI=1S/C27H22ClFN2O6/c1-34-21-11-9-16(13-17(21)15-37-22-12-10-18(29)14-20(22)28)24-23(26(32)35-2)25(27(33)36-3)31(30-24)19-7-5-4-6-8-19/h4-14H,15H2,1-3H3. The Kier molecular flexibility index (Phi) is 7.74. The smallest absolute Gasteiger partial charge is 0.357 e.